The van der Waals surface area contributed by atoms with Gasteiger partial charge in [0.1, 0.15) is 4.64 Å². The number of rotatable bonds is 0. The minimum atomic E-state index is 0.704. The standard InChI is InChI=1S/C9H6ClNS/c10-7-3-1-2-6-4-5-8(12)11-9(6)7/h1-5H,(H,11,12). The first kappa shape index (κ1) is 7.77. The number of pyridine rings is 1. The minimum absolute atomic E-state index is 0.704. The Morgan fingerprint density at radius 2 is 2.00 bits per heavy atom. The van der Waals surface area contributed by atoms with Crippen LogP contribution in [0.25, 0.3) is 10.9 Å². The second-order valence-corrected chi connectivity index (χ2v) is 3.37. The highest BCUT2D eigenvalue weighted by Gasteiger charge is 1.95. The molecule has 0 aliphatic heterocycles. The molecule has 2 rings (SSSR count). The zero-order valence-electron chi connectivity index (χ0n) is 6.17. The molecule has 1 N–H and O–H groups in total. The number of hydrogen-bond donors (Lipinski definition) is 1. The summed E-state index contributed by atoms with van der Waals surface area (Å²) in [5, 5.41) is 1.79. The van der Waals surface area contributed by atoms with E-state index in [2.05, 4.69) is 4.98 Å². The quantitative estimate of drug-likeness (QED) is 0.636. The van der Waals surface area contributed by atoms with Crippen LogP contribution >= 0.6 is 23.8 Å². The van der Waals surface area contributed by atoms with Crippen molar-refractivity contribution in [3.8, 4) is 0 Å². The molecule has 0 bridgehead atoms. The smallest absolute Gasteiger partial charge is 0.103 e. The van der Waals surface area contributed by atoms with Gasteiger partial charge in [-0.1, -0.05) is 36.0 Å². The molecular formula is C9H6ClNS. The van der Waals surface area contributed by atoms with Crippen molar-refractivity contribution in [2.45, 2.75) is 0 Å². The Bertz CT molecular complexity index is 475. The molecule has 60 valence electrons. The van der Waals surface area contributed by atoms with Gasteiger partial charge in [0, 0.05) is 0 Å². The van der Waals surface area contributed by atoms with Crippen LogP contribution in [0, 0.1) is 4.64 Å². The molecule has 1 nitrogen and oxygen atoms in total. The molecule has 2 aromatic rings. The zero-order valence-corrected chi connectivity index (χ0v) is 7.75. The largest absolute Gasteiger partial charge is 0.345 e. The Kier molecular flexibility index (Phi) is 1.87. The van der Waals surface area contributed by atoms with Gasteiger partial charge >= 0.3 is 0 Å². The Balaban J connectivity index is 2.97. The molecule has 0 spiro atoms. The second-order valence-electron chi connectivity index (χ2n) is 2.53. The van der Waals surface area contributed by atoms with Crippen LogP contribution in [-0.4, -0.2) is 4.98 Å². The summed E-state index contributed by atoms with van der Waals surface area (Å²) in [5.41, 5.74) is 0.909. The molecule has 1 heterocycles. The Labute approximate surface area is 80.0 Å². The fourth-order valence-electron chi connectivity index (χ4n) is 1.14. The summed E-state index contributed by atoms with van der Waals surface area (Å²) in [7, 11) is 0. The Hall–Kier alpha value is -0.860. The molecule has 0 radical (unpaired) electrons. The van der Waals surface area contributed by atoms with Crippen LogP contribution in [-0.2, 0) is 0 Å². The highest BCUT2D eigenvalue weighted by molar-refractivity contribution is 7.71. The van der Waals surface area contributed by atoms with Crippen molar-refractivity contribution >= 4 is 34.7 Å². The van der Waals surface area contributed by atoms with Gasteiger partial charge in [-0.25, -0.2) is 0 Å². The Morgan fingerprint density at radius 3 is 2.83 bits per heavy atom. The topological polar surface area (TPSA) is 15.8 Å². The maximum atomic E-state index is 5.95. The monoisotopic (exact) mass is 195 g/mol. The van der Waals surface area contributed by atoms with Gasteiger partial charge in [-0.2, -0.15) is 0 Å². The molecule has 1 aromatic heterocycles. The lowest BCUT2D eigenvalue weighted by Gasteiger charge is -1.98. The van der Waals surface area contributed by atoms with Crippen LogP contribution in [0.4, 0.5) is 0 Å². The maximum Gasteiger partial charge on any atom is 0.103 e. The predicted octanol–water partition coefficient (Wildman–Crippen LogP) is 3.55. The van der Waals surface area contributed by atoms with Gasteiger partial charge in [0.2, 0.25) is 0 Å². The van der Waals surface area contributed by atoms with Crippen molar-refractivity contribution in [2.24, 2.45) is 0 Å². The number of hydrogen-bond acceptors (Lipinski definition) is 1. The van der Waals surface area contributed by atoms with Crippen LogP contribution in [0.15, 0.2) is 30.3 Å². The molecule has 0 amide bonds. The van der Waals surface area contributed by atoms with Gasteiger partial charge in [0.25, 0.3) is 0 Å². The van der Waals surface area contributed by atoms with Crippen molar-refractivity contribution in [3.63, 3.8) is 0 Å². The van der Waals surface area contributed by atoms with Crippen LogP contribution in [0.3, 0.4) is 0 Å². The second kappa shape index (κ2) is 2.88. The van der Waals surface area contributed by atoms with Crippen molar-refractivity contribution in [1.82, 2.24) is 4.98 Å². The Morgan fingerprint density at radius 1 is 1.17 bits per heavy atom. The molecule has 0 saturated heterocycles. The van der Waals surface area contributed by atoms with Gasteiger partial charge in [-0.05, 0) is 23.6 Å². The number of H-pyrrole nitrogens is 1. The number of benzene rings is 1. The van der Waals surface area contributed by atoms with E-state index in [4.69, 9.17) is 23.8 Å². The molecule has 0 atom stereocenters. The van der Waals surface area contributed by atoms with E-state index in [1.54, 1.807) is 0 Å². The van der Waals surface area contributed by atoms with E-state index >= 15 is 0 Å². The van der Waals surface area contributed by atoms with Gasteiger partial charge < -0.3 is 4.98 Å². The summed E-state index contributed by atoms with van der Waals surface area (Å²) in [4.78, 5) is 3.04. The minimum Gasteiger partial charge on any atom is -0.345 e. The highest BCUT2D eigenvalue weighted by Crippen LogP contribution is 2.20. The molecule has 0 unspecified atom stereocenters. The third kappa shape index (κ3) is 1.24. The van der Waals surface area contributed by atoms with Crippen LogP contribution in [0.5, 0.6) is 0 Å². The van der Waals surface area contributed by atoms with E-state index in [1.165, 1.54) is 0 Å². The zero-order chi connectivity index (χ0) is 8.55. The van der Waals surface area contributed by atoms with Crippen LogP contribution < -0.4 is 0 Å². The third-order valence-corrected chi connectivity index (χ3v) is 2.26. The van der Waals surface area contributed by atoms with Crippen LogP contribution in [0.1, 0.15) is 0 Å². The summed E-state index contributed by atoms with van der Waals surface area (Å²) in [6, 6.07) is 9.57. The van der Waals surface area contributed by atoms with Gasteiger partial charge in [-0.15, -0.1) is 0 Å². The lowest BCUT2D eigenvalue weighted by molar-refractivity contribution is 1.38. The van der Waals surface area contributed by atoms with Gasteiger partial charge in [0.05, 0.1) is 10.5 Å². The van der Waals surface area contributed by atoms with E-state index in [0.29, 0.717) is 9.66 Å². The van der Waals surface area contributed by atoms with Crippen molar-refractivity contribution in [3.05, 3.63) is 40.0 Å². The third-order valence-electron chi connectivity index (χ3n) is 1.71. The number of aromatic nitrogens is 1. The van der Waals surface area contributed by atoms with E-state index in [0.717, 1.165) is 10.9 Å². The summed E-state index contributed by atoms with van der Waals surface area (Å²) in [5.74, 6) is 0. The molecule has 0 aliphatic rings. The maximum absolute atomic E-state index is 5.95. The van der Waals surface area contributed by atoms with E-state index in [1.807, 2.05) is 30.3 Å². The molecule has 12 heavy (non-hydrogen) atoms. The van der Waals surface area contributed by atoms with E-state index < -0.39 is 0 Å². The average Bonchev–Trinajstić information content (AvgIpc) is 2.07. The van der Waals surface area contributed by atoms with Crippen molar-refractivity contribution < 1.29 is 0 Å². The lowest BCUT2D eigenvalue weighted by Crippen LogP contribution is -1.79. The molecule has 0 aliphatic carbocycles. The fraction of sp³-hybridized carbons (Fsp3) is 0. The summed E-state index contributed by atoms with van der Waals surface area (Å²) in [6.07, 6.45) is 0. The average molecular weight is 196 g/mol. The summed E-state index contributed by atoms with van der Waals surface area (Å²) < 4.78 is 0.704. The highest BCUT2D eigenvalue weighted by atomic mass is 35.5. The number of fused-ring (bicyclic) bond motifs is 1. The predicted molar refractivity (Wildman–Crippen MR) is 54.1 cm³/mol. The molecule has 1 aromatic carbocycles. The summed E-state index contributed by atoms with van der Waals surface area (Å²) in [6.45, 7) is 0. The number of para-hydroxylation sites is 1. The van der Waals surface area contributed by atoms with Gasteiger partial charge in [-0.3, -0.25) is 0 Å². The van der Waals surface area contributed by atoms with Crippen molar-refractivity contribution in [1.29, 1.82) is 0 Å². The normalized spacial score (nSPS) is 10.4. The SMILES string of the molecule is S=c1ccc2cccc(Cl)c2[nH]1. The lowest BCUT2D eigenvalue weighted by atomic mass is 10.2. The number of nitrogens with one attached hydrogen (secondary N) is 1. The molecule has 0 saturated carbocycles. The number of halogens is 1. The first-order chi connectivity index (χ1) is 5.77. The molecule has 3 heteroatoms. The van der Waals surface area contributed by atoms with E-state index in [9.17, 15) is 0 Å². The van der Waals surface area contributed by atoms with E-state index in [-0.39, 0.29) is 0 Å². The first-order valence-corrected chi connectivity index (χ1v) is 4.33. The van der Waals surface area contributed by atoms with Crippen molar-refractivity contribution in [2.75, 3.05) is 0 Å². The summed E-state index contributed by atoms with van der Waals surface area (Å²) >= 11 is 10.9. The van der Waals surface area contributed by atoms with Gasteiger partial charge in [0.15, 0.2) is 0 Å². The number of aromatic amines is 1. The molecular weight excluding hydrogens is 190 g/mol. The fourth-order valence-corrected chi connectivity index (χ4v) is 1.54. The molecule has 0 fully saturated rings. The van der Waals surface area contributed by atoms with Crippen LogP contribution in [0.2, 0.25) is 5.02 Å². The first-order valence-electron chi connectivity index (χ1n) is 3.55.